The van der Waals surface area contributed by atoms with Crippen molar-refractivity contribution in [3.63, 3.8) is 0 Å². The van der Waals surface area contributed by atoms with Crippen molar-refractivity contribution in [2.24, 2.45) is 0 Å². The molecule has 1 aliphatic rings. The van der Waals surface area contributed by atoms with Crippen LogP contribution in [0.4, 0.5) is 5.69 Å². The zero-order valence-corrected chi connectivity index (χ0v) is 16.6. The van der Waals surface area contributed by atoms with E-state index in [0.717, 1.165) is 24.1 Å². The van der Waals surface area contributed by atoms with Gasteiger partial charge in [0, 0.05) is 17.0 Å². The number of anilines is 1. The number of aromatic nitrogens is 2. The Labute approximate surface area is 169 Å². The van der Waals surface area contributed by atoms with Crippen LogP contribution in [0.3, 0.4) is 0 Å². The minimum Gasteiger partial charge on any atom is -0.496 e. The van der Waals surface area contributed by atoms with E-state index in [1.165, 1.54) is 0 Å². The molecule has 1 saturated carbocycles. The first-order chi connectivity index (χ1) is 14.2. The van der Waals surface area contributed by atoms with E-state index in [9.17, 15) is 4.79 Å². The zero-order valence-electron chi connectivity index (χ0n) is 16.6. The van der Waals surface area contributed by atoms with Gasteiger partial charge in [0.2, 0.25) is 0 Å². The Morgan fingerprint density at radius 3 is 2.41 bits per heavy atom. The van der Waals surface area contributed by atoms with Crippen molar-refractivity contribution in [3.8, 4) is 28.5 Å². The summed E-state index contributed by atoms with van der Waals surface area (Å²) in [7, 11) is 4.72. The van der Waals surface area contributed by atoms with Gasteiger partial charge in [0.1, 0.15) is 11.4 Å². The fourth-order valence-corrected chi connectivity index (χ4v) is 3.35. The minimum atomic E-state index is -0.245. The average molecular weight is 393 g/mol. The average Bonchev–Trinajstić information content (AvgIpc) is 3.53. The van der Waals surface area contributed by atoms with E-state index in [0.29, 0.717) is 40.1 Å². The first-order valence-electron chi connectivity index (χ1n) is 9.41. The first-order valence-corrected chi connectivity index (χ1v) is 9.41. The van der Waals surface area contributed by atoms with E-state index < -0.39 is 0 Å². The van der Waals surface area contributed by atoms with E-state index in [1.807, 2.05) is 24.3 Å². The number of benzene rings is 2. The van der Waals surface area contributed by atoms with Crippen LogP contribution in [0, 0.1) is 0 Å². The number of ether oxygens (including phenoxy) is 3. The summed E-state index contributed by atoms with van der Waals surface area (Å²) in [5.74, 6) is 1.90. The molecule has 4 rings (SSSR count). The highest BCUT2D eigenvalue weighted by Gasteiger charge is 2.31. The Kier molecular flexibility index (Phi) is 5.12. The van der Waals surface area contributed by atoms with Crippen LogP contribution in [0.25, 0.3) is 11.3 Å². The smallest absolute Gasteiger partial charge is 0.255 e. The number of nitrogens with one attached hydrogen (secondary N) is 2. The van der Waals surface area contributed by atoms with Gasteiger partial charge in [0.05, 0.1) is 32.7 Å². The van der Waals surface area contributed by atoms with Gasteiger partial charge in [-0.05, 0) is 43.2 Å². The molecule has 7 heteroatoms. The highest BCUT2D eigenvalue weighted by Crippen LogP contribution is 2.46. The maximum atomic E-state index is 13.0. The molecule has 1 heterocycles. The van der Waals surface area contributed by atoms with Crippen molar-refractivity contribution in [3.05, 3.63) is 53.7 Å². The van der Waals surface area contributed by atoms with Crippen molar-refractivity contribution in [1.82, 2.24) is 10.2 Å². The monoisotopic (exact) mass is 393 g/mol. The molecular formula is C22H23N3O4. The molecule has 2 aromatic carbocycles. The highest BCUT2D eigenvalue weighted by atomic mass is 16.5. The first kappa shape index (κ1) is 18.9. The molecule has 0 saturated heterocycles. The van der Waals surface area contributed by atoms with Crippen LogP contribution in [0.1, 0.15) is 34.8 Å². The van der Waals surface area contributed by atoms with Gasteiger partial charge >= 0.3 is 0 Å². The maximum Gasteiger partial charge on any atom is 0.255 e. The number of nitrogens with zero attached hydrogens (tertiary/aromatic N) is 1. The molecule has 0 unspecified atom stereocenters. The maximum absolute atomic E-state index is 13.0. The van der Waals surface area contributed by atoms with Crippen LogP contribution < -0.4 is 19.5 Å². The number of para-hydroxylation sites is 1. The van der Waals surface area contributed by atoms with Crippen LogP contribution >= 0.6 is 0 Å². The second kappa shape index (κ2) is 7.87. The van der Waals surface area contributed by atoms with E-state index in [1.54, 1.807) is 39.5 Å². The van der Waals surface area contributed by atoms with Crippen molar-refractivity contribution < 1.29 is 19.0 Å². The second-order valence-electron chi connectivity index (χ2n) is 6.86. The second-order valence-corrected chi connectivity index (χ2v) is 6.86. The number of hydrogen-bond acceptors (Lipinski definition) is 5. The lowest BCUT2D eigenvalue weighted by Gasteiger charge is -2.12. The molecule has 29 heavy (non-hydrogen) atoms. The molecule has 0 radical (unpaired) electrons. The molecule has 0 bridgehead atoms. The third-order valence-corrected chi connectivity index (χ3v) is 5.03. The predicted octanol–water partition coefficient (Wildman–Crippen LogP) is 4.23. The van der Waals surface area contributed by atoms with Gasteiger partial charge < -0.3 is 19.5 Å². The lowest BCUT2D eigenvalue weighted by molar-refractivity contribution is 0.102. The quantitative estimate of drug-likeness (QED) is 0.627. The molecule has 1 aliphatic carbocycles. The zero-order chi connectivity index (χ0) is 20.4. The number of amides is 1. The minimum absolute atomic E-state index is 0.245. The van der Waals surface area contributed by atoms with Crippen molar-refractivity contribution in [2.75, 3.05) is 26.6 Å². The molecule has 150 valence electrons. The Hall–Kier alpha value is -3.48. The molecule has 0 atom stereocenters. The van der Waals surface area contributed by atoms with Crippen molar-refractivity contribution in [1.29, 1.82) is 0 Å². The van der Waals surface area contributed by atoms with Crippen LogP contribution in [0.2, 0.25) is 0 Å². The summed E-state index contributed by atoms with van der Waals surface area (Å²) in [6.45, 7) is 0. The number of methoxy groups -OCH3 is 3. The van der Waals surface area contributed by atoms with E-state index in [2.05, 4.69) is 15.5 Å². The summed E-state index contributed by atoms with van der Waals surface area (Å²) in [5.41, 5.74) is 3.59. The third-order valence-electron chi connectivity index (χ3n) is 5.03. The molecule has 0 spiro atoms. The molecular weight excluding hydrogens is 370 g/mol. The molecule has 1 amide bonds. The van der Waals surface area contributed by atoms with Crippen molar-refractivity contribution >= 4 is 11.6 Å². The van der Waals surface area contributed by atoms with Gasteiger partial charge in [0.15, 0.2) is 11.5 Å². The van der Waals surface area contributed by atoms with Crippen LogP contribution in [-0.2, 0) is 0 Å². The molecule has 7 nitrogen and oxygen atoms in total. The summed E-state index contributed by atoms with van der Waals surface area (Å²) in [5, 5.41) is 10.7. The van der Waals surface area contributed by atoms with Gasteiger partial charge in [0.25, 0.3) is 5.91 Å². The largest absolute Gasteiger partial charge is 0.496 e. The SMILES string of the molecule is COc1ccc(C(=O)Nc2c(-c3ccccc3OC)n[nH]c2C2CC2)cc1OC. The number of aromatic amines is 1. The fourth-order valence-electron chi connectivity index (χ4n) is 3.35. The van der Waals surface area contributed by atoms with E-state index >= 15 is 0 Å². The molecule has 3 aromatic rings. The van der Waals surface area contributed by atoms with Gasteiger partial charge in [-0.15, -0.1) is 0 Å². The Bertz CT molecular complexity index is 1040. The van der Waals surface area contributed by atoms with Gasteiger partial charge in [-0.2, -0.15) is 5.10 Å². The lowest BCUT2D eigenvalue weighted by atomic mass is 10.1. The van der Waals surface area contributed by atoms with Crippen LogP contribution in [-0.4, -0.2) is 37.4 Å². The predicted molar refractivity (Wildman–Crippen MR) is 110 cm³/mol. The molecule has 0 aliphatic heterocycles. The van der Waals surface area contributed by atoms with Crippen LogP contribution in [0.15, 0.2) is 42.5 Å². The Balaban J connectivity index is 1.71. The van der Waals surface area contributed by atoms with E-state index in [4.69, 9.17) is 14.2 Å². The fraction of sp³-hybridized carbons (Fsp3) is 0.273. The number of rotatable bonds is 7. The number of hydrogen-bond donors (Lipinski definition) is 2. The third kappa shape index (κ3) is 3.63. The normalized spacial score (nSPS) is 13.1. The summed E-state index contributed by atoms with van der Waals surface area (Å²) in [6, 6.07) is 12.7. The van der Waals surface area contributed by atoms with E-state index in [-0.39, 0.29) is 5.91 Å². The summed E-state index contributed by atoms with van der Waals surface area (Å²) in [6.07, 6.45) is 2.15. The Morgan fingerprint density at radius 1 is 1.00 bits per heavy atom. The summed E-state index contributed by atoms with van der Waals surface area (Å²) in [4.78, 5) is 13.0. The number of H-pyrrole nitrogens is 1. The molecule has 2 N–H and O–H groups in total. The summed E-state index contributed by atoms with van der Waals surface area (Å²) >= 11 is 0. The molecule has 1 fully saturated rings. The highest BCUT2D eigenvalue weighted by molar-refractivity contribution is 6.07. The van der Waals surface area contributed by atoms with Crippen molar-refractivity contribution in [2.45, 2.75) is 18.8 Å². The summed E-state index contributed by atoms with van der Waals surface area (Å²) < 4.78 is 16.1. The Morgan fingerprint density at radius 2 is 1.72 bits per heavy atom. The molecule has 1 aromatic heterocycles. The number of carbonyl (C=O) groups excluding carboxylic acids is 1. The van der Waals surface area contributed by atoms with Gasteiger partial charge in [-0.3, -0.25) is 9.89 Å². The van der Waals surface area contributed by atoms with Gasteiger partial charge in [-0.25, -0.2) is 0 Å². The topological polar surface area (TPSA) is 85.5 Å². The van der Waals surface area contributed by atoms with Crippen LogP contribution in [0.5, 0.6) is 17.2 Å². The lowest BCUT2D eigenvalue weighted by Crippen LogP contribution is -2.13. The number of carbonyl (C=O) groups is 1. The van der Waals surface area contributed by atoms with Gasteiger partial charge in [-0.1, -0.05) is 12.1 Å². The standard InChI is InChI=1S/C22H23N3O4/c1-27-16-7-5-4-6-15(16)20-21(19(24-25-20)13-8-9-13)23-22(26)14-10-11-17(28-2)18(12-14)29-3/h4-7,10-13H,8-9H2,1-3H3,(H,23,26)(H,24,25).